The van der Waals surface area contributed by atoms with Crippen molar-refractivity contribution in [3.05, 3.63) is 93.8 Å². The maximum absolute atomic E-state index is 14.3. The first kappa shape index (κ1) is 30.9. The van der Waals surface area contributed by atoms with E-state index in [1.807, 2.05) is 36.4 Å². The number of halogens is 2. The van der Waals surface area contributed by atoms with Crippen molar-refractivity contribution in [2.24, 2.45) is 5.92 Å². The Labute approximate surface area is 244 Å². The number of H-pyrrole nitrogens is 1. The maximum Gasteiger partial charge on any atom is 0.270 e. The van der Waals surface area contributed by atoms with E-state index in [-0.39, 0.29) is 17.0 Å². The number of alkyl halides is 2. The fraction of sp³-hybridized carbons (Fsp3) is 0.486. The second-order valence-corrected chi connectivity index (χ2v) is 12.2. The standard InChI is InChI=1S/C37H47F2NO/c1-4-5-6-7-8-9-10-11-12-13-17-27(2)24-33(28-18-16-19-30(25-28)37(3,38)39)29-22-23-35-34(26-29)31-20-14-15-21-32(31)36(41)40-35/h14-16,18-23,25-27,33H,4-13,17,24H2,1-3H3,(H,40,41). The van der Waals surface area contributed by atoms with Gasteiger partial charge in [0.25, 0.3) is 11.5 Å². The third-order valence-electron chi connectivity index (χ3n) is 8.64. The van der Waals surface area contributed by atoms with Gasteiger partial charge in [-0.1, -0.05) is 127 Å². The lowest BCUT2D eigenvalue weighted by atomic mass is 9.81. The van der Waals surface area contributed by atoms with Crippen LogP contribution in [-0.4, -0.2) is 4.98 Å². The summed E-state index contributed by atoms with van der Waals surface area (Å²) in [5, 5.41) is 2.57. The van der Waals surface area contributed by atoms with E-state index in [4.69, 9.17) is 0 Å². The lowest BCUT2D eigenvalue weighted by Crippen LogP contribution is -2.11. The normalized spacial score (nSPS) is 13.6. The fourth-order valence-electron chi connectivity index (χ4n) is 6.21. The molecule has 3 aromatic carbocycles. The molecule has 0 spiro atoms. The van der Waals surface area contributed by atoms with E-state index in [0.29, 0.717) is 11.3 Å². The third kappa shape index (κ3) is 8.50. The summed E-state index contributed by atoms with van der Waals surface area (Å²) in [6.45, 7) is 5.52. The van der Waals surface area contributed by atoms with Crippen LogP contribution in [0.2, 0.25) is 0 Å². The summed E-state index contributed by atoms with van der Waals surface area (Å²) in [6, 6.07) is 20.8. The van der Waals surface area contributed by atoms with Crippen molar-refractivity contribution in [1.29, 1.82) is 0 Å². The van der Waals surface area contributed by atoms with Crippen molar-refractivity contribution in [3.8, 4) is 0 Å². The zero-order valence-electron chi connectivity index (χ0n) is 25.2. The topological polar surface area (TPSA) is 32.9 Å². The number of nitrogens with one attached hydrogen (secondary N) is 1. The Bertz CT molecular complexity index is 1450. The van der Waals surface area contributed by atoms with E-state index in [1.54, 1.807) is 12.1 Å². The summed E-state index contributed by atoms with van der Waals surface area (Å²) in [6.07, 6.45) is 15.2. The van der Waals surface area contributed by atoms with Crippen molar-refractivity contribution >= 4 is 21.7 Å². The zero-order valence-corrected chi connectivity index (χ0v) is 25.2. The lowest BCUT2D eigenvalue weighted by molar-refractivity contribution is 0.0174. The van der Waals surface area contributed by atoms with Crippen LogP contribution in [0.4, 0.5) is 8.78 Å². The molecule has 220 valence electrons. The van der Waals surface area contributed by atoms with Gasteiger partial charge in [0, 0.05) is 34.7 Å². The van der Waals surface area contributed by atoms with Gasteiger partial charge in [-0.25, -0.2) is 8.78 Å². The van der Waals surface area contributed by atoms with E-state index >= 15 is 0 Å². The van der Waals surface area contributed by atoms with Gasteiger partial charge < -0.3 is 4.98 Å². The predicted octanol–water partition coefficient (Wildman–Crippen LogP) is 11.3. The van der Waals surface area contributed by atoms with Crippen molar-refractivity contribution in [1.82, 2.24) is 4.98 Å². The Kier molecular flexibility index (Phi) is 11.1. The Morgan fingerprint density at radius 1 is 0.732 bits per heavy atom. The number of benzene rings is 3. The molecule has 0 aliphatic heterocycles. The molecule has 2 atom stereocenters. The van der Waals surface area contributed by atoms with Crippen LogP contribution in [-0.2, 0) is 5.92 Å². The number of aromatic amines is 1. The number of hydrogen-bond donors (Lipinski definition) is 1. The van der Waals surface area contributed by atoms with Crippen LogP contribution in [0.5, 0.6) is 0 Å². The first-order valence-electron chi connectivity index (χ1n) is 15.8. The molecule has 4 heteroatoms. The predicted molar refractivity (Wildman–Crippen MR) is 170 cm³/mol. The van der Waals surface area contributed by atoms with Gasteiger partial charge in [0.15, 0.2) is 0 Å². The SMILES string of the molecule is CCCCCCCCCCCCC(C)CC(c1cccc(C(C)(F)F)c1)c1ccc2[nH]c(=O)c3ccccc3c2c1. The molecule has 1 heterocycles. The molecule has 0 fully saturated rings. The lowest BCUT2D eigenvalue weighted by Gasteiger charge is -2.24. The molecule has 2 unspecified atom stereocenters. The van der Waals surface area contributed by atoms with Crippen molar-refractivity contribution in [3.63, 3.8) is 0 Å². The minimum Gasteiger partial charge on any atom is -0.321 e. The molecule has 0 radical (unpaired) electrons. The molecule has 0 aliphatic carbocycles. The molecule has 0 aliphatic rings. The molecular formula is C37H47F2NO. The minimum absolute atomic E-state index is 0.00879. The Morgan fingerprint density at radius 3 is 2.05 bits per heavy atom. The highest BCUT2D eigenvalue weighted by atomic mass is 19.3. The van der Waals surface area contributed by atoms with Crippen LogP contribution in [0.25, 0.3) is 21.7 Å². The fourth-order valence-corrected chi connectivity index (χ4v) is 6.21. The molecule has 2 nitrogen and oxygen atoms in total. The number of unbranched alkanes of at least 4 members (excludes halogenated alkanes) is 9. The second-order valence-electron chi connectivity index (χ2n) is 12.2. The van der Waals surface area contributed by atoms with E-state index in [1.165, 1.54) is 70.3 Å². The molecule has 0 bridgehead atoms. The van der Waals surface area contributed by atoms with Gasteiger partial charge in [-0.05, 0) is 53.1 Å². The van der Waals surface area contributed by atoms with Crippen LogP contribution in [0.1, 0.15) is 120 Å². The molecule has 4 aromatic rings. The highest BCUT2D eigenvalue weighted by molar-refractivity contribution is 6.05. The molecule has 0 amide bonds. The Balaban J connectivity index is 1.50. The van der Waals surface area contributed by atoms with Gasteiger partial charge in [0.2, 0.25) is 0 Å². The van der Waals surface area contributed by atoms with Crippen molar-refractivity contribution < 1.29 is 8.78 Å². The minimum atomic E-state index is -2.89. The summed E-state index contributed by atoms with van der Waals surface area (Å²) < 4.78 is 28.6. The smallest absolute Gasteiger partial charge is 0.270 e. The average molecular weight is 560 g/mol. The van der Waals surface area contributed by atoms with Crippen LogP contribution in [0.3, 0.4) is 0 Å². The number of hydrogen-bond acceptors (Lipinski definition) is 1. The van der Waals surface area contributed by atoms with Crippen molar-refractivity contribution in [2.45, 2.75) is 110 Å². The first-order chi connectivity index (χ1) is 19.8. The van der Waals surface area contributed by atoms with Crippen molar-refractivity contribution in [2.75, 3.05) is 0 Å². The summed E-state index contributed by atoms with van der Waals surface area (Å²) in [4.78, 5) is 15.6. The molecule has 1 aromatic heterocycles. The summed E-state index contributed by atoms with van der Waals surface area (Å²) in [5.41, 5.74) is 2.77. The summed E-state index contributed by atoms with van der Waals surface area (Å²) in [7, 11) is 0. The number of rotatable bonds is 16. The van der Waals surface area contributed by atoms with Crippen LogP contribution in [0.15, 0.2) is 71.5 Å². The van der Waals surface area contributed by atoms with Gasteiger partial charge in [0.05, 0.1) is 0 Å². The molecule has 1 N–H and O–H groups in total. The molecule has 0 saturated heterocycles. The van der Waals surface area contributed by atoms with Crippen LogP contribution < -0.4 is 5.56 Å². The number of fused-ring (bicyclic) bond motifs is 3. The van der Waals surface area contributed by atoms with Gasteiger partial charge in [-0.15, -0.1) is 0 Å². The largest absolute Gasteiger partial charge is 0.321 e. The first-order valence-corrected chi connectivity index (χ1v) is 15.8. The van der Waals surface area contributed by atoms with E-state index in [9.17, 15) is 13.6 Å². The van der Waals surface area contributed by atoms with Crippen LogP contribution >= 0.6 is 0 Å². The number of aromatic nitrogens is 1. The zero-order chi connectivity index (χ0) is 29.2. The van der Waals surface area contributed by atoms with E-state index in [0.717, 1.165) is 47.2 Å². The Hall–Kier alpha value is -3.01. The molecule has 4 rings (SSSR count). The monoisotopic (exact) mass is 559 g/mol. The van der Waals surface area contributed by atoms with Gasteiger partial charge in [-0.3, -0.25) is 4.79 Å². The quantitative estimate of drug-likeness (QED) is 0.107. The summed E-state index contributed by atoms with van der Waals surface area (Å²) >= 11 is 0. The summed E-state index contributed by atoms with van der Waals surface area (Å²) in [5.74, 6) is -2.44. The van der Waals surface area contributed by atoms with Gasteiger partial charge in [-0.2, -0.15) is 0 Å². The third-order valence-corrected chi connectivity index (χ3v) is 8.64. The molecule has 41 heavy (non-hydrogen) atoms. The Morgan fingerprint density at radius 2 is 1.37 bits per heavy atom. The second kappa shape index (κ2) is 14.8. The highest BCUT2D eigenvalue weighted by Crippen LogP contribution is 2.37. The molecular weight excluding hydrogens is 512 g/mol. The van der Waals surface area contributed by atoms with Crippen LogP contribution in [0, 0.1) is 5.92 Å². The number of pyridine rings is 1. The maximum atomic E-state index is 14.3. The van der Waals surface area contributed by atoms with Gasteiger partial charge in [0.1, 0.15) is 0 Å². The molecule has 0 saturated carbocycles. The van der Waals surface area contributed by atoms with Gasteiger partial charge >= 0.3 is 0 Å². The highest BCUT2D eigenvalue weighted by Gasteiger charge is 2.26. The van der Waals surface area contributed by atoms with E-state index in [2.05, 4.69) is 31.0 Å². The average Bonchev–Trinajstić information content (AvgIpc) is 2.96. The van der Waals surface area contributed by atoms with E-state index < -0.39 is 5.92 Å².